The molecule has 2 saturated heterocycles. The maximum Gasteiger partial charge on any atom is 0.410 e. The SMILES string of the molecule is Cc1ccc(NC(=O)c2ccnc(N3CCOCC3)c2)cc1Nc1cccc(OC2CCN(C(=O)OC(C)(C)C)CC2)c1. The third-order valence-corrected chi connectivity index (χ3v) is 7.35. The summed E-state index contributed by atoms with van der Waals surface area (Å²) in [5, 5.41) is 6.49. The van der Waals surface area contributed by atoms with Crippen LogP contribution in [0.1, 0.15) is 49.5 Å². The molecule has 2 aromatic carbocycles. The van der Waals surface area contributed by atoms with Gasteiger partial charge in [0.1, 0.15) is 23.3 Å². The quantitative estimate of drug-likeness (QED) is 0.347. The number of hydrogen-bond donors (Lipinski definition) is 2. The first kappa shape index (κ1) is 30.2. The highest BCUT2D eigenvalue weighted by Crippen LogP contribution is 2.28. The van der Waals surface area contributed by atoms with E-state index in [1.807, 2.05) is 76.2 Å². The van der Waals surface area contributed by atoms with Gasteiger partial charge in [-0.05, 0) is 69.7 Å². The number of amides is 2. The van der Waals surface area contributed by atoms with Gasteiger partial charge >= 0.3 is 6.09 Å². The molecular weight excluding hydrogens is 546 g/mol. The number of morpholine rings is 1. The number of anilines is 4. The molecule has 3 aromatic rings. The van der Waals surface area contributed by atoms with Crippen molar-refractivity contribution >= 4 is 34.9 Å². The molecule has 2 N–H and O–H groups in total. The van der Waals surface area contributed by atoms with E-state index in [4.69, 9.17) is 14.2 Å². The summed E-state index contributed by atoms with van der Waals surface area (Å²) >= 11 is 0. The summed E-state index contributed by atoms with van der Waals surface area (Å²) in [6.45, 7) is 11.7. The van der Waals surface area contributed by atoms with Crippen molar-refractivity contribution in [1.29, 1.82) is 0 Å². The van der Waals surface area contributed by atoms with Crippen LogP contribution in [0.25, 0.3) is 0 Å². The van der Waals surface area contributed by atoms with E-state index >= 15 is 0 Å². The van der Waals surface area contributed by atoms with Gasteiger partial charge in [0, 0.05) is 73.9 Å². The van der Waals surface area contributed by atoms with Gasteiger partial charge in [-0.3, -0.25) is 4.79 Å². The second kappa shape index (κ2) is 13.3. The molecule has 2 aliphatic rings. The fourth-order valence-electron chi connectivity index (χ4n) is 5.04. The molecule has 43 heavy (non-hydrogen) atoms. The number of benzene rings is 2. The number of carbonyl (C=O) groups is 2. The fourth-order valence-corrected chi connectivity index (χ4v) is 5.04. The Morgan fingerprint density at radius 1 is 0.953 bits per heavy atom. The smallest absolute Gasteiger partial charge is 0.410 e. The molecule has 0 bridgehead atoms. The number of rotatable bonds is 7. The first-order valence-corrected chi connectivity index (χ1v) is 14.9. The Kier molecular flexibility index (Phi) is 9.35. The van der Waals surface area contributed by atoms with Crippen LogP contribution < -0.4 is 20.3 Å². The van der Waals surface area contributed by atoms with Gasteiger partial charge in [-0.25, -0.2) is 9.78 Å². The molecule has 0 aliphatic carbocycles. The van der Waals surface area contributed by atoms with E-state index in [9.17, 15) is 9.59 Å². The molecule has 10 nitrogen and oxygen atoms in total. The number of nitrogens with one attached hydrogen (secondary N) is 2. The van der Waals surface area contributed by atoms with E-state index in [2.05, 4.69) is 20.5 Å². The lowest BCUT2D eigenvalue weighted by atomic mass is 10.1. The van der Waals surface area contributed by atoms with Crippen molar-refractivity contribution in [3.05, 3.63) is 71.9 Å². The van der Waals surface area contributed by atoms with Crippen LogP contribution in [0.4, 0.5) is 27.7 Å². The van der Waals surface area contributed by atoms with Gasteiger partial charge < -0.3 is 34.6 Å². The van der Waals surface area contributed by atoms with E-state index in [0.717, 1.165) is 54.4 Å². The van der Waals surface area contributed by atoms with Crippen LogP contribution >= 0.6 is 0 Å². The average Bonchev–Trinajstić information content (AvgIpc) is 2.99. The van der Waals surface area contributed by atoms with Crippen LogP contribution in [0, 0.1) is 6.92 Å². The van der Waals surface area contributed by atoms with Gasteiger partial charge in [0.15, 0.2) is 0 Å². The Balaban J connectivity index is 1.18. The molecule has 0 saturated carbocycles. The first-order valence-electron chi connectivity index (χ1n) is 14.9. The highest BCUT2D eigenvalue weighted by Gasteiger charge is 2.27. The zero-order valence-electron chi connectivity index (χ0n) is 25.4. The van der Waals surface area contributed by atoms with Crippen molar-refractivity contribution < 1.29 is 23.8 Å². The monoisotopic (exact) mass is 587 g/mol. The molecule has 5 rings (SSSR count). The number of carbonyl (C=O) groups excluding carboxylic acids is 2. The molecule has 0 unspecified atom stereocenters. The number of piperidine rings is 1. The lowest BCUT2D eigenvalue weighted by Crippen LogP contribution is -2.44. The summed E-state index contributed by atoms with van der Waals surface area (Å²) < 4.78 is 17.2. The van der Waals surface area contributed by atoms with Gasteiger partial charge in [-0.1, -0.05) is 12.1 Å². The van der Waals surface area contributed by atoms with Crippen molar-refractivity contribution in [2.75, 3.05) is 54.9 Å². The van der Waals surface area contributed by atoms with E-state index in [0.29, 0.717) is 37.6 Å². The third-order valence-electron chi connectivity index (χ3n) is 7.35. The molecule has 2 amide bonds. The van der Waals surface area contributed by atoms with E-state index < -0.39 is 5.60 Å². The number of pyridine rings is 1. The summed E-state index contributed by atoms with van der Waals surface area (Å²) in [6.07, 6.45) is 2.89. The number of ether oxygens (including phenoxy) is 3. The molecule has 3 heterocycles. The third kappa shape index (κ3) is 8.38. The molecular formula is C33H41N5O5. The maximum absolute atomic E-state index is 13.1. The number of aromatic nitrogens is 1. The molecule has 2 aliphatic heterocycles. The van der Waals surface area contributed by atoms with Crippen molar-refractivity contribution in [3.8, 4) is 5.75 Å². The summed E-state index contributed by atoms with van der Waals surface area (Å²) in [5.41, 5.74) is 3.52. The predicted molar refractivity (Wildman–Crippen MR) is 168 cm³/mol. The first-order chi connectivity index (χ1) is 20.6. The van der Waals surface area contributed by atoms with Crippen LogP contribution in [-0.2, 0) is 9.47 Å². The zero-order chi connectivity index (χ0) is 30.4. The van der Waals surface area contributed by atoms with E-state index in [-0.39, 0.29) is 18.1 Å². The zero-order valence-corrected chi connectivity index (χ0v) is 25.4. The molecule has 0 radical (unpaired) electrons. The summed E-state index contributed by atoms with van der Waals surface area (Å²) in [7, 11) is 0. The normalized spacial score (nSPS) is 16.0. The highest BCUT2D eigenvalue weighted by atomic mass is 16.6. The minimum Gasteiger partial charge on any atom is -0.490 e. The molecule has 0 atom stereocenters. The van der Waals surface area contributed by atoms with Crippen LogP contribution in [0.5, 0.6) is 5.75 Å². The minimum absolute atomic E-state index is 0.0196. The van der Waals surface area contributed by atoms with Crippen molar-refractivity contribution in [1.82, 2.24) is 9.88 Å². The number of hydrogen-bond acceptors (Lipinski definition) is 8. The molecule has 0 spiro atoms. The lowest BCUT2D eigenvalue weighted by Gasteiger charge is -2.33. The predicted octanol–water partition coefficient (Wildman–Crippen LogP) is 6.00. The Morgan fingerprint density at radius 2 is 1.72 bits per heavy atom. The van der Waals surface area contributed by atoms with Gasteiger partial charge in [-0.15, -0.1) is 0 Å². The number of likely N-dealkylation sites (tertiary alicyclic amines) is 1. The van der Waals surface area contributed by atoms with Crippen LogP contribution in [0.3, 0.4) is 0 Å². The highest BCUT2D eigenvalue weighted by molar-refractivity contribution is 6.05. The maximum atomic E-state index is 13.1. The van der Waals surface area contributed by atoms with Gasteiger partial charge in [0.25, 0.3) is 5.91 Å². The summed E-state index contributed by atoms with van der Waals surface area (Å²) in [6, 6.07) is 17.2. The summed E-state index contributed by atoms with van der Waals surface area (Å²) in [5.74, 6) is 1.34. The lowest BCUT2D eigenvalue weighted by molar-refractivity contribution is 0.0126. The average molecular weight is 588 g/mol. The van der Waals surface area contributed by atoms with E-state index in [1.165, 1.54) is 0 Å². The standard InChI is InChI=1S/C33H41N5O5/c1-23-8-9-26(36-31(39)24-10-13-34-30(20-24)37-16-18-41-19-17-37)22-29(23)35-25-6-5-7-28(21-25)42-27-11-14-38(15-12-27)32(40)43-33(2,3)4/h5-10,13,20-22,27,35H,11-12,14-19H2,1-4H3,(H,36,39). The van der Waals surface area contributed by atoms with Gasteiger partial charge in [-0.2, -0.15) is 0 Å². The van der Waals surface area contributed by atoms with Crippen molar-refractivity contribution in [3.63, 3.8) is 0 Å². The largest absolute Gasteiger partial charge is 0.490 e. The van der Waals surface area contributed by atoms with Gasteiger partial charge in [0.05, 0.1) is 13.2 Å². The number of aryl methyl sites for hydroxylation is 1. The van der Waals surface area contributed by atoms with Crippen molar-refractivity contribution in [2.45, 2.75) is 52.2 Å². The second-order valence-electron chi connectivity index (χ2n) is 11.9. The Labute approximate surface area is 253 Å². The van der Waals surface area contributed by atoms with Crippen molar-refractivity contribution in [2.24, 2.45) is 0 Å². The number of nitrogens with zero attached hydrogens (tertiary/aromatic N) is 3. The fraction of sp³-hybridized carbons (Fsp3) is 0.424. The topological polar surface area (TPSA) is 105 Å². The van der Waals surface area contributed by atoms with Crippen LogP contribution in [-0.4, -0.2) is 73.0 Å². The van der Waals surface area contributed by atoms with E-state index in [1.54, 1.807) is 17.2 Å². The Morgan fingerprint density at radius 3 is 2.47 bits per heavy atom. The molecule has 2 fully saturated rings. The summed E-state index contributed by atoms with van der Waals surface area (Å²) in [4.78, 5) is 33.8. The van der Waals surface area contributed by atoms with Crippen LogP contribution in [0.15, 0.2) is 60.8 Å². The Bertz CT molecular complexity index is 1430. The molecule has 228 valence electrons. The molecule has 10 heteroatoms. The molecule has 1 aromatic heterocycles. The Hall–Kier alpha value is -4.31. The minimum atomic E-state index is -0.506. The van der Waals surface area contributed by atoms with Gasteiger partial charge in [0.2, 0.25) is 0 Å². The van der Waals surface area contributed by atoms with Crippen LogP contribution in [0.2, 0.25) is 0 Å². The second-order valence-corrected chi connectivity index (χ2v) is 11.9.